The molecule has 0 heterocycles. The van der Waals surface area contributed by atoms with E-state index >= 15 is 0 Å². The molecule has 0 saturated heterocycles. The van der Waals surface area contributed by atoms with Crippen molar-refractivity contribution in [2.24, 2.45) is 0 Å². The molecule has 1 aromatic rings. The Balaban J connectivity index is 2.28. The molecular formula is C18H26O3. The van der Waals surface area contributed by atoms with Crippen molar-refractivity contribution >= 4 is 5.97 Å². The second kappa shape index (κ2) is 7.48. The molecule has 1 aromatic carbocycles. The molecule has 2 N–H and O–H groups in total. The highest BCUT2D eigenvalue weighted by molar-refractivity contribution is 5.93. The second-order valence-corrected chi connectivity index (χ2v) is 6.13. The van der Waals surface area contributed by atoms with Crippen LogP contribution in [-0.4, -0.2) is 16.2 Å². The van der Waals surface area contributed by atoms with Crippen molar-refractivity contribution in [1.82, 2.24) is 0 Å². The van der Waals surface area contributed by atoms with Crippen molar-refractivity contribution in [3.63, 3.8) is 0 Å². The normalized spacial score (nSPS) is 16.0. The van der Waals surface area contributed by atoms with Gasteiger partial charge in [-0.2, -0.15) is 0 Å². The number of carboxylic acid groups (broad SMARTS) is 1. The fourth-order valence-electron chi connectivity index (χ4n) is 3.40. The van der Waals surface area contributed by atoms with Crippen molar-refractivity contribution in [2.45, 2.75) is 70.6 Å². The van der Waals surface area contributed by atoms with E-state index in [1.54, 1.807) is 0 Å². The fraction of sp³-hybridized carbons (Fsp3) is 0.611. The van der Waals surface area contributed by atoms with Gasteiger partial charge in [0.1, 0.15) is 11.3 Å². The van der Waals surface area contributed by atoms with Crippen molar-refractivity contribution < 1.29 is 15.0 Å². The van der Waals surface area contributed by atoms with E-state index in [9.17, 15) is 15.0 Å². The zero-order valence-electron chi connectivity index (χ0n) is 12.9. The largest absolute Gasteiger partial charge is 0.507 e. The first-order valence-corrected chi connectivity index (χ1v) is 8.23. The first-order valence-electron chi connectivity index (χ1n) is 8.23. The van der Waals surface area contributed by atoms with Crippen LogP contribution in [0.3, 0.4) is 0 Å². The Bertz CT molecular complexity index is 487. The van der Waals surface area contributed by atoms with Gasteiger partial charge in [0.05, 0.1) is 0 Å². The van der Waals surface area contributed by atoms with Gasteiger partial charge < -0.3 is 10.2 Å². The van der Waals surface area contributed by atoms with Gasteiger partial charge in [-0.25, -0.2) is 4.79 Å². The molecule has 1 aliphatic carbocycles. The quantitative estimate of drug-likeness (QED) is 0.735. The second-order valence-electron chi connectivity index (χ2n) is 6.13. The highest BCUT2D eigenvalue weighted by Gasteiger charge is 2.24. The molecule has 1 fully saturated rings. The lowest BCUT2D eigenvalue weighted by Crippen LogP contribution is -2.09. The Labute approximate surface area is 127 Å². The van der Waals surface area contributed by atoms with E-state index in [1.807, 2.05) is 12.1 Å². The standard InChI is InChI=1S/C18H26O3/c1-2-3-5-10-14-11-12-15(13-8-6-4-7-9-13)17(19)16(14)18(20)21/h11-13,19H,2-10H2,1H3,(H,20,21). The number of aromatic carboxylic acids is 1. The van der Waals surface area contributed by atoms with Crippen LogP contribution in [-0.2, 0) is 6.42 Å². The molecule has 21 heavy (non-hydrogen) atoms. The van der Waals surface area contributed by atoms with E-state index in [-0.39, 0.29) is 11.3 Å². The van der Waals surface area contributed by atoms with Crippen LogP contribution >= 0.6 is 0 Å². The number of carbonyl (C=O) groups is 1. The minimum absolute atomic E-state index is 0.0170. The summed E-state index contributed by atoms with van der Waals surface area (Å²) in [6.07, 6.45) is 9.60. The van der Waals surface area contributed by atoms with E-state index in [2.05, 4.69) is 6.92 Å². The fourth-order valence-corrected chi connectivity index (χ4v) is 3.40. The molecule has 1 aliphatic rings. The molecule has 3 heteroatoms. The first kappa shape index (κ1) is 15.9. The number of hydrogen-bond acceptors (Lipinski definition) is 2. The molecular weight excluding hydrogens is 264 g/mol. The lowest BCUT2D eigenvalue weighted by molar-refractivity contribution is 0.0692. The summed E-state index contributed by atoms with van der Waals surface area (Å²) in [7, 11) is 0. The van der Waals surface area contributed by atoms with Crippen LogP contribution in [0.2, 0.25) is 0 Å². The molecule has 0 bridgehead atoms. The van der Waals surface area contributed by atoms with Gasteiger partial charge in [0.25, 0.3) is 0 Å². The monoisotopic (exact) mass is 290 g/mol. The van der Waals surface area contributed by atoms with Gasteiger partial charge in [0, 0.05) is 0 Å². The minimum atomic E-state index is -1.00. The summed E-state index contributed by atoms with van der Waals surface area (Å²) < 4.78 is 0. The third kappa shape index (κ3) is 3.78. The maximum absolute atomic E-state index is 11.6. The predicted octanol–water partition coefficient (Wildman–Crippen LogP) is 4.87. The number of aryl methyl sites for hydroxylation is 1. The molecule has 0 atom stereocenters. The lowest BCUT2D eigenvalue weighted by Gasteiger charge is -2.24. The molecule has 0 aromatic heterocycles. The van der Waals surface area contributed by atoms with Gasteiger partial charge in [-0.05, 0) is 42.7 Å². The summed E-state index contributed by atoms with van der Waals surface area (Å²) in [6.45, 7) is 2.13. The average molecular weight is 290 g/mol. The number of rotatable bonds is 6. The summed E-state index contributed by atoms with van der Waals surface area (Å²) in [6, 6.07) is 3.88. The molecule has 0 spiro atoms. The van der Waals surface area contributed by atoms with Crippen LogP contribution in [0, 0.1) is 0 Å². The van der Waals surface area contributed by atoms with Crippen LogP contribution in [0.1, 0.15) is 85.7 Å². The summed E-state index contributed by atoms with van der Waals surface area (Å²) >= 11 is 0. The predicted molar refractivity (Wildman–Crippen MR) is 84.1 cm³/mol. The topological polar surface area (TPSA) is 57.5 Å². The zero-order valence-corrected chi connectivity index (χ0v) is 12.9. The smallest absolute Gasteiger partial charge is 0.339 e. The van der Waals surface area contributed by atoms with Crippen molar-refractivity contribution in [3.8, 4) is 5.75 Å². The Hall–Kier alpha value is -1.51. The van der Waals surface area contributed by atoms with Gasteiger partial charge in [-0.15, -0.1) is 0 Å². The van der Waals surface area contributed by atoms with Crippen LogP contribution in [0.25, 0.3) is 0 Å². The Kier molecular flexibility index (Phi) is 5.66. The molecule has 0 unspecified atom stereocenters. The first-order chi connectivity index (χ1) is 10.1. The lowest BCUT2D eigenvalue weighted by atomic mass is 9.82. The molecule has 2 rings (SSSR count). The molecule has 116 valence electrons. The highest BCUT2D eigenvalue weighted by Crippen LogP contribution is 2.39. The molecule has 1 saturated carbocycles. The van der Waals surface area contributed by atoms with Crippen LogP contribution in [0.5, 0.6) is 5.75 Å². The number of carboxylic acids is 1. The maximum atomic E-state index is 11.6. The minimum Gasteiger partial charge on any atom is -0.507 e. The van der Waals surface area contributed by atoms with E-state index < -0.39 is 5.97 Å². The number of benzene rings is 1. The summed E-state index contributed by atoms with van der Waals surface area (Å²) in [5, 5.41) is 19.9. The SMILES string of the molecule is CCCCCc1ccc(C2CCCCC2)c(O)c1C(=O)O. The van der Waals surface area contributed by atoms with E-state index in [1.165, 1.54) is 19.3 Å². The van der Waals surface area contributed by atoms with Crippen LogP contribution < -0.4 is 0 Å². The third-order valence-corrected chi connectivity index (χ3v) is 4.60. The average Bonchev–Trinajstić information content (AvgIpc) is 2.48. The van der Waals surface area contributed by atoms with Crippen molar-refractivity contribution in [2.75, 3.05) is 0 Å². The van der Waals surface area contributed by atoms with Gasteiger partial charge in [0.15, 0.2) is 0 Å². The summed E-state index contributed by atoms with van der Waals surface area (Å²) in [5.74, 6) is -0.665. The Morgan fingerprint density at radius 2 is 1.90 bits per heavy atom. The molecule has 3 nitrogen and oxygen atoms in total. The summed E-state index contributed by atoms with van der Waals surface area (Å²) in [5.41, 5.74) is 1.74. The van der Waals surface area contributed by atoms with Crippen LogP contribution in [0.4, 0.5) is 0 Å². The van der Waals surface area contributed by atoms with E-state index in [0.717, 1.165) is 49.7 Å². The third-order valence-electron chi connectivity index (χ3n) is 4.60. The molecule has 0 aliphatic heterocycles. The number of aromatic hydroxyl groups is 1. The van der Waals surface area contributed by atoms with Crippen LogP contribution in [0.15, 0.2) is 12.1 Å². The van der Waals surface area contributed by atoms with Gasteiger partial charge in [-0.1, -0.05) is 51.2 Å². The van der Waals surface area contributed by atoms with Gasteiger partial charge in [-0.3, -0.25) is 0 Å². The highest BCUT2D eigenvalue weighted by atomic mass is 16.4. The van der Waals surface area contributed by atoms with Crippen molar-refractivity contribution in [3.05, 3.63) is 28.8 Å². The van der Waals surface area contributed by atoms with Gasteiger partial charge in [0.2, 0.25) is 0 Å². The van der Waals surface area contributed by atoms with Crippen molar-refractivity contribution in [1.29, 1.82) is 0 Å². The molecule has 0 amide bonds. The number of unbranched alkanes of at least 4 members (excludes halogenated alkanes) is 2. The maximum Gasteiger partial charge on any atom is 0.339 e. The number of phenols is 1. The summed E-state index contributed by atoms with van der Waals surface area (Å²) in [4.78, 5) is 11.6. The number of hydrogen-bond donors (Lipinski definition) is 2. The van der Waals surface area contributed by atoms with E-state index in [0.29, 0.717) is 5.92 Å². The van der Waals surface area contributed by atoms with E-state index in [4.69, 9.17) is 0 Å². The van der Waals surface area contributed by atoms with Gasteiger partial charge >= 0.3 is 5.97 Å². The Morgan fingerprint density at radius 3 is 2.52 bits per heavy atom. The zero-order chi connectivity index (χ0) is 15.2. The molecule has 0 radical (unpaired) electrons. The Morgan fingerprint density at radius 1 is 1.19 bits per heavy atom.